The van der Waals surface area contributed by atoms with Crippen molar-refractivity contribution in [3.63, 3.8) is 0 Å². The van der Waals surface area contributed by atoms with Gasteiger partial charge in [-0.3, -0.25) is 4.90 Å². The summed E-state index contributed by atoms with van der Waals surface area (Å²) in [5.74, 6) is 0. The number of rotatable bonds is 4. The highest BCUT2D eigenvalue weighted by atomic mass is 16.5. The van der Waals surface area contributed by atoms with E-state index >= 15 is 0 Å². The lowest BCUT2D eigenvalue weighted by Crippen LogP contribution is -2.37. The van der Waals surface area contributed by atoms with Crippen LogP contribution in [0.3, 0.4) is 0 Å². The largest absolute Gasteiger partial charge is 0.379 e. The molecular formula is C12H21NO. The number of allylic oxidation sites excluding steroid dienone is 3. The van der Waals surface area contributed by atoms with Crippen molar-refractivity contribution in [2.45, 2.75) is 20.3 Å². The van der Waals surface area contributed by atoms with Gasteiger partial charge in [0.2, 0.25) is 0 Å². The molecular weight excluding hydrogens is 174 g/mol. The van der Waals surface area contributed by atoms with Crippen molar-refractivity contribution >= 4 is 0 Å². The number of hydrogen-bond donors (Lipinski definition) is 0. The molecule has 1 heterocycles. The lowest BCUT2D eigenvalue weighted by atomic mass is 10.2. The molecule has 0 saturated carbocycles. The Hall–Kier alpha value is -0.600. The zero-order valence-corrected chi connectivity index (χ0v) is 9.33. The van der Waals surface area contributed by atoms with Crippen molar-refractivity contribution in [3.8, 4) is 0 Å². The number of ether oxygens (including phenoxy) is 1. The average Bonchev–Trinajstić information content (AvgIpc) is 2.20. The summed E-state index contributed by atoms with van der Waals surface area (Å²) in [4.78, 5) is 2.45. The molecule has 2 heteroatoms. The molecule has 0 atom stereocenters. The van der Waals surface area contributed by atoms with Gasteiger partial charge in [-0.2, -0.15) is 0 Å². The van der Waals surface area contributed by atoms with Gasteiger partial charge in [-0.15, -0.1) is 0 Å². The van der Waals surface area contributed by atoms with E-state index in [1.54, 1.807) is 0 Å². The maximum absolute atomic E-state index is 5.31. The number of hydrogen-bond acceptors (Lipinski definition) is 2. The molecule has 0 aromatic rings. The topological polar surface area (TPSA) is 12.5 Å². The van der Waals surface area contributed by atoms with Gasteiger partial charge in [-0.25, -0.2) is 0 Å². The molecule has 1 saturated heterocycles. The first kappa shape index (κ1) is 11.5. The van der Waals surface area contributed by atoms with Crippen LogP contribution >= 0.6 is 0 Å². The highest BCUT2D eigenvalue weighted by Gasteiger charge is 2.09. The van der Waals surface area contributed by atoms with Crippen LogP contribution in [0, 0.1) is 0 Å². The Labute approximate surface area is 87.2 Å². The smallest absolute Gasteiger partial charge is 0.0594 e. The summed E-state index contributed by atoms with van der Waals surface area (Å²) >= 11 is 0. The lowest BCUT2D eigenvalue weighted by molar-refractivity contribution is 0.0423. The van der Waals surface area contributed by atoms with Gasteiger partial charge < -0.3 is 4.74 Å². The Morgan fingerprint density at radius 2 is 2.07 bits per heavy atom. The summed E-state index contributed by atoms with van der Waals surface area (Å²) in [6, 6.07) is 0. The first-order valence-electron chi connectivity index (χ1n) is 5.40. The molecule has 0 aliphatic carbocycles. The molecule has 0 aromatic carbocycles. The van der Waals surface area contributed by atoms with E-state index in [0.717, 1.165) is 39.3 Å². The molecule has 2 nitrogen and oxygen atoms in total. The normalized spacial score (nSPS) is 20.6. The fourth-order valence-corrected chi connectivity index (χ4v) is 1.58. The summed E-state index contributed by atoms with van der Waals surface area (Å²) < 4.78 is 5.31. The van der Waals surface area contributed by atoms with E-state index in [-0.39, 0.29) is 0 Å². The molecule has 80 valence electrons. The third-order valence-corrected chi connectivity index (χ3v) is 2.41. The SMILES string of the molecule is C/C=C/C/C=C(\C)CN1CCOCC1. The van der Waals surface area contributed by atoms with Crippen molar-refractivity contribution in [2.75, 3.05) is 32.8 Å². The third kappa shape index (κ3) is 4.58. The fraction of sp³-hybridized carbons (Fsp3) is 0.667. The van der Waals surface area contributed by atoms with Gasteiger partial charge in [-0.05, 0) is 20.3 Å². The van der Waals surface area contributed by atoms with Crippen LogP contribution in [0.25, 0.3) is 0 Å². The molecule has 1 aliphatic rings. The van der Waals surface area contributed by atoms with E-state index in [4.69, 9.17) is 4.74 Å². The molecule has 0 spiro atoms. The Balaban J connectivity index is 2.23. The second-order valence-corrected chi connectivity index (χ2v) is 3.74. The van der Waals surface area contributed by atoms with Gasteiger partial charge >= 0.3 is 0 Å². The maximum atomic E-state index is 5.31. The third-order valence-electron chi connectivity index (χ3n) is 2.41. The van der Waals surface area contributed by atoms with Gasteiger partial charge in [0.1, 0.15) is 0 Å². The minimum atomic E-state index is 0.891. The molecule has 0 N–H and O–H groups in total. The van der Waals surface area contributed by atoms with E-state index < -0.39 is 0 Å². The van der Waals surface area contributed by atoms with Crippen LogP contribution in [-0.4, -0.2) is 37.7 Å². The van der Waals surface area contributed by atoms with Crippen molar-refractivity contribution in [2.24, 2.45) is 0 Å². The highest BCUT2D eigenvalue weighted by molar-refractivity contribution is 5.04. The van der Waals surface area contributed by atoms with Gasteiger partial charge in [0.05, 0.1) is 13.2 Å². The molecule has 0 bridgehead atoms. The Bertz CT molecular complexity index is 202. The second-order valence-electron chi connectivity index (χ2n) is 3.74. The summed E-state index contributed by atoms with van der Waals surface area (Å²) in [6.07, 6.45) is 7.64. The Morgan fingerprint density at radius 1 is 1.36 bits per heavy atom. The first-order valence-corrected chi connectivity index (χ1v) is 5.40. The van der Waals surface area contributed by atoms with Gasteiger partial charge in [0.15, 0.2) is 0 Å². The van der Waals surface area contributed by atoms with Crippen molar-refractivity contribution in [1.29, 1.82) is 0 Å². The van der Waals surface area contributed by atoms with Crippen LogP contribution in [0.1, 0.15) is 20.3 Å². The van der Waals surface area contributed by atoms with Crippen LogP contribution in [0.15, 0.2) is 23.8 Å². The van der Waals surface area contributed by atoms with Crippen molar-refractivity contribution < 1.29 is 4.74 Å². The predicted octanol–water partition coefficient (Wildman–Crippen LogP) is 2.23. The fourth-order valence-electron chi connectivity index (χ4n) is 1.58. The zero-order chi connectivity index (χ0) is 10.2. The summed E-state index contributed by atoms with van der Waals surface area (Å²) in [6.45, 7) is 9.30. The second kappa shape index (κ2) is 6.80. The summed E-state index contributed by atoms with van der Waals surface area (Å²) in [7, 11) is 0. The molecule has 1 aliphatic heterocycles. The minimum Gasteiger partial charge on any atom is -0.379 e. The minimum absolute atomic E-state index is 0.891. The van der Waals surface area contributed by atoms with E-state index in [2.05, 4.69) is 37.0 Å². The first-order chi connectivity index (χ1) is 6.83. The highest BCUT2D eigenvalue weighted by Crippen LogP contribution is 2.03. The summed E-state index contributed by atoms with van der Waals surface area (Å²) in [5.41, 5.74) is 1.46. The molecule has 1 rings (SSSR count). The zero-order valence-electron chi connectivity index (χ0n) is 9.33. The predicted molar refractivity (Wildman–Crippen MR) is 60.4 cm³/mol. The van der Waals surface area contributed by atoms with Gasteiger partial charge in [0, 0.05) is 19.6 Å². The monoisotopic (exact) mass is 195 g/mol. The molecule has 0 amide bonds. The van der Waals surface area contributed by atoms with E-state index in [1.807, 2.05) is 0 Å². The molecule has 0 radical (unpaired) electrons. The lowest BCUT2D eigenvalue weighted by Gasteiger charge is -2.26. The average molecular weight is 195 g/mol. The van der Waals surface area contributed by atoms with E-state index in [0.29, 0.717) is 0 Å². The van der Waals surface area contributed by atoms with Crippen LogP contribution in [0.4, 0.5) is 0 Å². The van der Waals surface area contributed by atoms with Crippen molar-refractivity contribution in [1.82, 2.24) is 4.90 Å². The van der Waals surface area contributed by atoms with Crippen molar-refractivity contribution in [3.05, 3.63) is 23.8 Å². The van der Waals surface area contributed by atoms with Gasteiger partial charge in [-0.1, -0.05) is 23.8 Å². The molecule has 0 unspecified atom stereocenters. The Kier molecular flexibility index (Phi) is 5.57. The molecule has 1 fully saturated rings. The standard InChI is InChI=1S/C12H21NO/c1-3-4-5-6-12(2)11-13-7-9-14-10-8-13/h3-4,6H,5,7-11H2,1-2H3/b4-3+,12-6+. The number of morpholine rings is 1. The Morgan fingerprint density at radius 3 is 2.71 bits per heavy atom. The molecule has 14 heavy (non-hydrogen) atoms. The quantitative estimate of drug-likeness (QED) is 0.638. The van der Waals surface area contributed by atoms with Gasteiger partial charge in [0.25, 0.3) is 0 Å². The van der Waals surface area contributed by atoms with Crippen LogP contribution in [-0.2, 0) is 4.74 Å². The maximum Gasteiger partial charge on any atom is 0.0594 e. The van der Waals surface area contributed by atoms with E-state index in [9.17, 15) is 0 Å². The van der Waals surface area contributed by atoms with Crippen LogP contribution in [0.5, 0.6) is 0 Å². The van der Waals surface area contributed by atoms with E-state index in [1.165, 1.54) is 5.57 Å². The van der Waals surface area contributed by atoms with Crippen LogP contribution < -0.4 is 0 Å². The summed E-state index contributed by atoms with van der Waals surface area (Å²) in [5, 5.41) is 0. The van der Waals surface area contributed by atoms with Crippen LogP contribution in [0.2, 0.25) is 0 Å². The molecule has 0 aromatic heterocycles. The number of nitrogens with zero attached hydrogens (tertiary/aromatic N) is 1.